The van der Waals surface area contributed by atoms with Gasteiger partial charge in [-0.05, 0) is 37.4 Å². The maximum Gasteiger partial charge on any atom is 0.230 e. The third-order valence-corrected chi connectivity index (χ3v) is 5.08. The molecule has 1 saturated heterocycles. The van der Waals surface area contributed by atoms with Crippen LogP contribution in [0.5, 0.6) is 0 Å². The normalized spacial score (nSPS) is 17.6. The minimum absolute atomic E-state index is 0.163. The van der Waals surface area contributed by atoms with Gasteiger partial charge in [0.2, 0.25) is 5.91 Å². The van der Waals surface area contributed by atoms with Gasteiger partial charge in [0.05, 0.1) is 5.75 Å². The highest BCUT2D eigenvalue weighted by Gasteiger charge is 2.15. The Morgan fingerprint density at radius 3 is 2.75 bits per heavy atom. The number of hydrogen-bond donors (Lipinski definition) is 2. The number of hydrogen-bond acceptors (Lipinski definition) is 3. The lowest BCUT2D eigenvalue weighted by Crippen LogP contribution is -2.32. The van der Waals surface area contributed by atoms with E-state index in [0.717, 1.165) is 19.6 Å². The molecule has 4 heteroatoms. The Bertz CT molecular complexity index is 404. The van der Waals surface area contributed by atoms with E-state index in [1.54, 1.807) is 11.8 Å². The summed E-state index contributed by atoms with van der Waals surface area (Å²) >= 11 is 1.80. The van der Waals surface area contributed by atoms with E-state index in [9.17, 15) is 4.79 Å². The fraction of sp³-hybridized carbons (Fsp3) is 0.562. The van der Waals surface area contributed by atoms with E-state index in [2.05, 4.69) is 29.7 Å². The van der Waals surface area contributed by atoms with E-state index in [0.29, 0.717) is 16.9 Å². The van der Waals surface area contributed by atoms with Gasteiger partial charge in [-0.2, -0.15) is 0 Å². The number of nitrogens with one attached hydrogen (secondary N) is 2. The highest BCUT2D eigenvalue weighted by molar-refractivity contribution is 8.00. The summed E-state index contributed by atoms with van der Waals surface area (Å²) in [6.45, 7) is 5.04. The van der Waals surface area contributed by atoms with Crippen molar-refractivity contribution in [3.63, 3.8) is 0 Å². The van der Waals surface area contributed by atoms with Crippen LogP contribution in [0.15, 0.2) is 30.3 Å². The number of carbonyl (C=O) groups excluding carboxylic acids is 1. The number of benzene rings is 1. The Morgan fingerprint density at radius 1 is 1.35 bits per heavy atom. The fourth-order valence-electron chi connectivity index (χ4n) is 2.37. The molecule has 1 aliphatic rings. The zero-order valence-corrected chi connectivity index (χ0v) is 12.9. The van der Waals surface area contributed by atoms with Gasteiger partial charge in [0.25, 0.3) is 0 Å². The van der Waals surface area contributed by atoms with E-state index >= 15 is 0 Å². The maximum absolute atomic E-state index is 11.9. The van der Waals surface area contributed by atoms with E-state index in [1.165, 1.54) is 18.4 Å². The van der Waals surface area contributed by atoms with Gasteiger partial charge < -0.3 is 10.6 Å². The molecule has 0 bridgehead atoms. The Kier molecular flexibility index (Phi) is 6.40. The van der Waals surface area contributed by atoms with Gasteiger partial charge in [-0.1, -0.05) is 37.3 Å². The molecule has 0 radical (unpaired) electrons. The molecule has 1 aromatic carbocycles. The number of carbonyl (C=O) groups is 1. The van der Waals surface area contributed by atoms with Crippen molar-refractivity contribution in [2.45, 2.75) is 30.9 Å². The SMILES string of the molecule is CC(CNC(=O)CSC1CCNCC1)c1ccccc1. The lowest BCUT2D eigenvalue weighted by molar-refractivity contribution is -0.118. The van der Waals surface area contributed by atoms with Crippen molar-refractivity contribution in [1.82, 2.24) is 10.6 Å². The van der Waals surface area contributed by atoms with Crippen LogP contribution in [0.3, 0.4) is 0 Å². The van der Waals surface area contributed by atoms with Crippen molar-refractivity contribution in [2.75, 3.05) is 25.4 Å². The van der Waals surface area contributed by atoms with Gasteiger partial charge in [0.1, 0.15) is 0 Å². The first kappa shape index (κ1) is 15.4. The summed E-state index contributed by atoms with van der Waals surface area (Å²) in [5.74, 6) is 1.12. The second kappa shape index (κ2) is 8.32. The Morgan fingerprint density at radius 2 is 2.05 bits per heavy atom. The average molecular weight is 292 g/mol. The summed E-state index contributed by atoms with van der Waals surface area (Å²) in [4.78, 5) is 11.9. The van der Waals surface area contributed by atoms with Crippen molar-refractivity contribution >= 4 is 17.7 Å². The van der Waals surface area contributed by atoms with Crippen molar-refractivity contribution in [3.05, 3.63) is 35.9 Å². The summed E-state index contributed by atoms with van der Waals surface area (Å²) in [6.07, 6.45) is 2.36. The van der Waals surface area contributed by atoms with E-state index in [1.807, 2.05) is 18.2 Å². The lowest BCUT2D eigenvalue weighted by atomic mass is 10.0. The zero-order valence-electron chi connectivity index (χ0n) is 12.1. The van der Waals surface area contributed by atoms with Gasteiger partial charge in [0.15, 0.2) is 0 Å². The van der Waals surface area contributed by atoms with Crippen LogP contribution in [0, 0.1) is 0 Å². The van der Waals surface area contributed by atoms with E-state index in [4.69, 9.17) is 0 Å². The molecule has 1 heterocycles. The second-order valence-electron chi connectivity index (χ2n) is 5.38. The quantitative estimate of drug-likeness (QED) is 0.846. The van der Waals surface area contributed by atoms with Crippen LogP contribution in [0.4, 0.5) is 0 Å². The number of thioether (sulfide) groups is 1. The van der Waals surface area contributed by atoms with Gasteiger partial charge in [0, 0.05) is 11.8 Å². The van der Waals surface area contributed by atoms with E-state index in [-0.39, 0.29) is 5.91 Å². The van der Waals surface area contributed by atoms with Crippen molar-refractivity contribution < 1.29 is 4.79 Å². The molecular formula is C16H24N2OS. The smallest absolute Gasteiger partial charge is 0.230 e. The van der Waals surface area contributed by atoms with Crippen LogP contribution in [-0.4, -0.2) is 36.5 Å². The topological polar surface area (TPSA) is 41.1 Å². The summed E-state index contributed by atoms with van der Waals surface area (Å²) in [5, 5.41) is 7.04. The third-order valence-electron chi connectivity index (χ3n) is 3.71. The Hall–Kier alpha value is -1.00. The molecule has 1 aliphatic heterocycles. The number of piperidine rings is 1. The third kappa shape index (κ3) is 5.17. The van der Waals surface area contributed by atoms with Crippen LogP contribution in [0.2, 0.25) is 0 Å². The Balaban J connectivity index is 1.64. The van der Waals surface area contributed by atoms with Crippen LogP contribution in [-0.2, 0) is 4.79 Å². The molecule has 0 aliphatic carbocycles. The van der Waals surface area contributed by atoms with Crippen LogP contribution < -0.4 is 10.6 Å². The van der Waals surface area contributed by atoms with Crippen molar-refractivity contribution in [1.29, 1.82) is 0 Å². The largest absolute Gasteiger partial charge is 0.355 e. The van der Waals surface area contributed by atoms with Gasteiger partial charge >= 0.3 is 0 Å². The molecule has 1 atom stereocenters. The molecule has 2 rings (SSSR count). The lowest BCUT2D eigenvalue weighted by Gasteiger charge is -2.22. The molecule has 110 valence electrons. The molecule has 0 saturated carbocycles. The molecule has 0 spiro atoms. The predicted molar refractivity (Wildman–Crippen MR) is 86.2 cm³/mol. The maximum atomic E-state index is 11.9. The zero-order chi connectivity index (χ0) is 14.2. The molecular weight excluding hydrogens is 268 g/mol. The van der Waals surface area contributed by atoms with E-state index < -0.39 is 0 Å². The van der Waals surface area contributed by atoms with Crippen LogP contribution >= 0.6 is 11.8 Å². The molecule has 0 aromatic heterocycles. The van der Waals surface area contributed by atoms with Crippen molar-refractivity contribution in [3.8, 4) is 0 Å². The highest BCUT2D eigenvalue weighted by Crippen LogP contribution is 2.19. The molecule has 1 aromatic rings. The van der Waals surface area contributed by atoms with Gasteiger partial charge in [-0.25, -0.2) is 0 Å². The first-order chi connectivity index (χ1) is 9.75. The van der Waals surface area contributed by atoms with Gasteiger partial charge in [-0.15, -0.1) is 11.8 Å². The minimum atomic E-state index is 0.163. The summed E-state index contributed by atoms with van der Waals surface area (Å²) in [6, 6.07) is 10.3. The number of rotatable bonds is 6. The first-order valence-electron chi connectivity index (χ1n) is 7.39. The highest BCUT2D eigenvalue weighted by atomic mass is 32.2. The monoisotopic (exact) mass is 292 g/mol. The standard InChI is InChI=1S/C16H24N2OS/c1-13(14-5-3-2-4-6-14)11-18-16(19)12-20-15-7-9-17-10-8-15/h2-6,13,15,17H,7-12H2,1H3,(H,18,19). The second-order valence-corrected chi connectivity index (χ2v) is 6.66. The molecule has 2 N–H and O–H groups in total. The van der Waals surface area contributed by atoms with Crippen molar-refractivity contribution in [2.24, 2.45) is 0 Å². The summed E-state index contributed by atoms with van der Waals surface area (Å²) < 4.78 is 0. The minimum Gasteiger partial charge on any atom is -0.355 e. The molecule has 20 heavy (non-hydrogen) atoms. The van der Waals surface area contributed by atoms with Gasteiger partial charge in [-0.3, -0.25) is 4.79 Å². The summed E-state index contributed by atoms with van der Waals surface area (Å²) in [5.41, 5.74) is 1.28. The number of amides is 1. The first-order valence-corrected chi connectivity index (χ1v) is 8.44. The Labute approximate surface area is 125 Å². The van der Waals surface area contributed by atoms with Crippen LogP contribution in [0.25, 0.3) is 0 Å². The predicted octanol–water partition coefficient (Wildman–Crippen LogP) is 2.39. The molecule has 1 unspecified atom stereocenters. The van der Waals surface area contributed by atoms with Crippen LogP contribution in [0.1, 0.15) is 31.2 Å². The fourth-order valence-corrected chi connectivity index (χ4v) is 3.43. The molecule has 3 nitrogen and oxygen atoms in total. The summed E-state index contributed by atoms with van der Waals surface area (Å²) in [7, 11) is 0. The molecule has 1 amide bonds. The molecule has 1 fully saturated rings. The average Bonchev–Trinajstić information content (AvgIpc) is 2.52.